The van der Waals surface area contributed by atoms with Crippen LogP contribution in [0.4, 0.5) is 5.69 Å². The van der Waals surface area contributed by atoms with Crippen molar-refractivity contribution in [2.75, 3.05) is 19.0 Å². The highest BCUT2D eigenvalue weighted by Crippen LogP contribution is 2.35. The minimum atomic E-state index is -4.14. The zero-order chi connectivity index (χ0) is 18.4. The lowest BCUT2D eigenvalue weighted by atomic mass is 9.99. The van der Waals surface area contributed by atoms with Crippen LogP contribution >= 0.6 is 0 Å². The summed E-state index contributed by atoms with van der Waals surface area (Å²) in [5.41, 5.74) is 3.44. The summed E-state index contributed by atoms with van der Waals surface area (Å²) in [6.45, 7) is 3.60. The molecule has 0 saturated heterocycles. The molecule has 0 fully saturated rings. The molecule has 0 saturated carbocycles. The molecular weight excluding hydrogens is 338 g/mol. The number of ketones is 1. The first-order chi connectivity index (χ1) is 11.7. The molecule has 0 amide bonds. The number of carbonyl (C=O) groups is 1. The Labute approximate surface area is 147 Å². The van der Waals surface area contributed by atoms with Crippen LogP contribution in [0.3, 0.4) is 0 Å². The van der Waals surface area contributed by atoms with Gasteiger partial charge in [0.05, 0.1) is 5.56 Å². The fourth-order valence-electron chi connectivity index (χ4n) is 2.84. The fourth-order valence-corrected chi connectivity index (χ4v) is 3.91. The SMILES string of the molecule is Cc1cc(C)c2c(c1)OS(=O)(=O)/C(=C/c1ccc(N(C)C)cc1)C2=O. The fraction of sp³-hybridized carbons (Fsp3) is 0.211. The van der Waals surface area contributed by atoms with Crippen molar-refractivity contribution in [1.82, 2.24) is 0 Å². The molecule has 0 spiro atoms. The second-order valence-electron chi connectivity index (χ2n) is 6.32. The summed E-state index contributed by atoms with van der Waals surface area (Å²) >= 11 is 0. The number of rotatable bonds is 2. The van der Waals surface area contributed by atoms with E-state index in [1.807, 2.05) is 44.1 Å². The van der Waals surface area contributed by atoms with Crippen LogP contribution in [0.5, 0.6) is 5.75 Å². The molecule has 0 aromatic heterocycles. The van der Waals surface area contributed by atoms with Crippen LogP contribution in [0.25, 0.3) is 6.08 Å². The predicted molar refractivity (Wildman–Crippen MR) is 98.5 cm³/mol. The van der Waals surface area contributed by atoms with Crippen LogP contribution in [0.1, 0.15) is 27.0 Å². The van der Waals surface area contributed by atoms with Crippen LogP contribution in [0, 0.1) is 13.8 Å². The van der Waals surface area contributed by atoms with E-state index in [1.54, 1.807) is 25.1 Å². The molecule has 1 heterocycles. The van der Waals surface area contributed by atoms with Gasteiger partial charge in [-0.3, -0.25) is 4.79 Å². The van der Waals surface area contributed by atoms with Crippen LogP contribution in [0.15, 0.2) is 41.3 Å². The molecule has 1 aliphatic heterocycles. The van der Waals surface area contributed by atoms with Gasteiger partial charge in [0.15, 0.2) is 10.7 Å². The third kappa shape index (κ3) is 3.17. The standard InChI is InChI=1S/C19H19NO4S/c1-12-9-13(2)18-16(10-12)24-25(22,23)17(19(18)21)11-14-5-7-15(8-6-14)20(3)4/h5-11H,1-4H3/b17-11+. The average molecular weight is 357 g/mol. The van der Waals surface area contributed by atoms with Crippen molar-refractivity contribution in [1.29, 1.82) is 0 Å². The second-order valence-corrected chi connectivity index (χ2v) is 7.83. The van der Waals surface area contributed by atoms with Gasteiger partial charge >= 0.3 is 10.1 Å². The average Bonchev–Trinajstić information content (AvgIpc) is 2.50. The predicted octanol–water partition coefficient (Wildman–Crippen LogP) is 3.32. The van der Waals surface area contributed by atoms with E-state index in [1.165, 1.54) is 6.08 Å². The van der Waals surface area contributed by atoms with Gasteiger partial charge < -0.3 is 9.08 Å². The topological polar surface area (TPSA) is 63.7 Å². The molecule has 0 radical (unpaired) electrons. The van der Waals surface area contributed by atoms with Crippen molar-refractivity contribution in [3.05, 3.63) is 63.6 Å². The Bertz CT molecular complexity index is 987. The van der Waals surface area contributed by atoms with Crippen molar-refractivity contribution in [3.63, 3.8) is 0 Å². The number of carbonyl (C=O) groups excluding carboxylic acids is 1. The molecule has 6 heteroatoms. The minimum absolute atomic E-state index is 0.0996. The maximum absolute atomic E-state index is 12.8. The Morgan fingerprint density at radius 1 is 1.04 bits per heavy atom. The number of nitrogens with zero attached hydrogens (tertiary/aromatic N) is 1. The van der Waals surface area contributed by atoms with Gasteiger partial charge in [-0.05, 0) is 54.8 Å². The molecular formula is C19H19NO4S. The summed E-state index contributed by atoms with van der Waals surface area (Å²) in [5, 5.41) is 0. The van der Waals surface area contributed by atoms with Gasteiger partial charge in [0.2, 0.25) is 5.78 Å². The molecule has 0 N–H and O–H groups in total. The second kappa shape index (κ2) is 6.04. The van der Waals surface area contributed by atoms with Gasteiger partial charge in [0.1, 0.15) is 0 Å². The van der Waals surface area contributed by atoms with Gasteiger partial charge in [0, 0.05) is 19.8 Å². The van der Waals surface area contributed by atoms with Crippen molar-refractivity contribution >= 4 is 27.7 Å². The summed E-state index contributed by atoms with van der Waals surface area (Å²) in [6.07, 6.45) is 1.36. The summed E-state index contributed by atoms with van der Waals surface area (Å²) in [7, 11) is -0.314. The van der Waals surface area contributed by atoms with Crippen LogP contribution in [-0.2, 0) is 10.1 Å². The Morgan fingerprint density at radius 3 is 2.28 bits per heavy atom. The normalized spacial score (nSPS) is 17.1. The van der Waals surface area contributed by atoms with E-state index in [4.69, 9.17) is 4.18 Å². The Balaban J connectivity index is 2.11. The highest BCUT2D eigenvalue weighted by Gasteiger charge is 2.37. The lowest BCUT2D eigenvalue weighted by Gasteiger charge is -2.20. The van der Waals surface area contributed by atoms with Gasteiger partial charge in [0.25, 0.3) is 0 Å². The summed E-state index contributed by atoms with van der Waals surface area (Å²) < 4.78 is 30.0. The monoisotopic (exact) mass is 357 g/mol. The lowest BCUT2D eigenvalue weighted by molar-refractivity contribution is 0.103. The Kier molecular flexibility index (Phi) is 4.16. The number of anilines is 1. The maximum atomic E-state index is 12.8. The number of allylic oxidation sites excluding steroid dienone is 1. The zero-order valence-electron chi connectivity index (χ0n) is 14.5. The number of aryl methyl sites for hydroxylation is 2. The number of hydrogen-bond donors (Lipinski definition) is 0. The molecule has 0 unspecified atom stereocenters. The third-order valence-corrected chi connectivity index (χ3v) is 5.31. The first kappa shape index (κ1) is 17.2. The highest BCUT2D eigenvalue weighted by atomic mass is 32.2. The van der Waals surface area contributed by atoms with Crippen molar-refractivity contribution < 1.29 is 17.4 Å². The van der Waals surface area contributed by atoms with Crippen molar-refractivity contribution in [2.45, 2.75) is 13.8 Å². The van der Waals surface area contributed by atoms with Gasteiger partial charge in [-0.15, -0.1) is 0 Å². The van der Waals surface area contributed by atoms with Gasteiger partial charge in [-0.25, -0.2) is 0 Å². The molecule has 25 heavy (non-hydrogen) atoms. The molecule has 0 bridgehead atoms. The number of Topliss-reactive ketones (excluding diaryl/α,β-unsaturated/α-hetero) is 1. The van der Waals surface area contributed by atoms with E-state index in [9.17, 15) is 13.2 Å². The maximum Gasteiger partial charge on any atom is 0.343 e. The molecule has 130 valence electrons. The number of benzene rings is 2. The number of hydrogen-bond acceptors (Lipinski definition) is 5. The molecule has 5 nitrogen and oxygen atoms in total. The van der Waals surface area contributed by atoms with E-state index >= 15 is 0 Å². The molecule has 2 aromatic rings. The molecule has 1 aliphatic rings. The molecule has 0 atom stereocenters. The van der Waals surface area contributed by atoms with E-state index in [0.717, 1.165) is 11.3 Å². The molecule has 0 aliphatic carbocycles. The third-order valence-electron chi connectivity index (χ3n) is 4.07. The summed E-state index contributed by atoms with van der Waals surface area (Å²) in [5.74, 6) is -0.432. The van der Waals surface area contributed by atoms with Gasteiger partial charge in [-0.1, -0.05) is 18.2 Å². The minimum Gasteiger partial charge on any atom is -0.378 e. The van der Waals surface area contributed by atoms with Crippen LogP contribution < -0.4 is 9.08 Å². The Morgan fingerprint density at radius 2 is 1.68 bits per heavy atom. The first-order valence-corrected chi connectivity index (χ1v) is 9.19. The number of fused-ring (bicyclic) bond motifs is 1. The highest BCUT2D eigenvalue weighted by molar-refractivity contribution is 7.92. The molecule has 3 rings (SSSR count). The summed E-state index contributed by atoms with van der Waals surface area (Å²) in [4.78, 5) is 14.4. The van der Waals surface area contributed by atoms with Crippen molar-refractivity contribution in [3.8, 4) is 5.75 Å². The molecule has 2 aromatic carbocycles. The van der Waals surface area contributed by atoms with Crippen LogP contribution in [-0.4, -0.2) is 28.3 Å². The quantitative estimate of drug-likeness (QED) is 0.609. The smallest absolute Gasteiger partial charge is 0.343 e. The first-order valence-electron chi connectivity index (χ1n) is 7.78. The zero-order valence-corrected chi connectivity index (χ0v) is 15.3. The van der Waals surface area contributed by atoms with E-state index < -0.39 is 15.9 Å². The van der Waals surface area contributed by atoms with E-state index in [0.29, 0.717) is 16.7 Å². The van der Waals surface area contributed by atoms with Crippen molar-refractivity contribution in [2.24, 2.45) is 0 Å². The largest absolute Gasteiger partial charge is 0.378 e. The lowest BCUT2D eigenvalue weighted by Crippen LogP contribution is -2.26. The summed E-state index contributed by atoms with van der Waals surface area (Å²) in [6, 6.07) is 10.7. The van der Waals surface area contributed by atoms with E-state index in [-0.39, 0.29) is 10.7 Å². The Hall–Kier alpha value is -2.60. The van der Waals surface area contributed by atoms with Gasteiger partial charge in [-0.2, -0.15) is 8.42 Å². The van der Waals surface area contributed by atoms with Crippen LogP contribution in [0.2, 0.25) is 0 Å². The van der Waals surface area contributed by atoms with E-state index in [2.05, 4.69) is 0 Å².